The van der Waals surface area contributed by atoms with E-state index < -0.39 is 0 Å². The number of aromatic nitrogens is 4. The molecule has 1 amide bonds. The Balaban J connectivity index is 1.33. The number of aryl methyl sites for hydroxylation is 2. The highest BCUT2D eigenvalue weighted by Crippen LogP contribution is 2.28. The number of nitrogens with zero attached hydrogens (tertiary/aromatic N) is 4. The van der Waals surface area contributed by atoms with E-state index in [1.54, 1.807) is 22.7 Å². The minimum atomic E-state index is -0.0671. The molecule has 5 rings (SSSR count). The van der Waals surface area contributed by atoms with Crippen molar-refractivity contribution in [3.63, 3.8) is 0 Å². The molecule has 31 heavy (non-hydrogen) atoms. The molecule has 6 nitrogen and oxygen atoms in total. The molecule has 1 aliphatic heterocycles. The van der Waals surface area contributed by atoms with Crippen molar-refractivity contribution in [3.8, 4) is 22.0 Å². The van der Waals surface area contributed by atoms with Crippen LogP contribution in [0.5, 0.6) is 0 Å². The van der Waals surface area contributed by atoms with Crippen LogP contribution in [0.25, 0.3) is 22.0 Å². The summed E-state index contributed by atoms with van der Waals surface area (Å²) in [4.78, 5) is 17.3. The molecular weight excluding hydrogens is 426 g/mol. The largest absolute Gasteiger partial charge is 0.325 e. The van der Waals surface area contributed by atoms with Crippen LogP contribution >= 0.6 is 22.7 Å². The lowest BCUT2D eigenvalue weighted by atomic mass is 10.1. The zero-order valence-corrected chi connectivity index (χ0v) is 18.9. The summed E-state index contributed by atoms with van der Waals surface area (Å²) in [5, 5.41) is 18.9. The van der Waals surface area contributed by atoms with Crippen molar-refractivity contribution >= 4 is 34.3 Å². The Bertz CT molecular complexity index is 1210. The number of nitrogens with one attached hydrogen (secondary N) is 1. The fourth-order valence-electron chi connectivity index (χ4n) is 3.86. The predicted molar refractivity (Wildman–Crippen MR) is 126 cm³/mol. The highest BCUT2D eigenvalue weighted by atomic mass is 32.1. The first kappa shape index (κ1) is 20.1. The molecule has 0 saturated heterocycles. The summed E-state index contributed by atoms with van der Waals surface area (Å²) in [6.45, 7) is 2.95. The van der Waals surface area contributed by atoms with Crippen LogP contribution in [0, 0.1) is 6.92 Å². The molecule has 0 aliphatic carbocycles. The van der Waals surface area contributed by atoms with Gasteiger partial charge < -0.3 is 9.88 Å². The van der Waals surface area contributed by atoms with E-state index >= 15 is 0 Å². The number of hydrogen-bond acceptors (Lipinski definition) is 6. The van der Waals surface area contributed by atoms with Crippen LogP contribution in [0.4, 0.5) is 5.69 Å². The van der Waals surface area contributed by atoms with Crippen molar-refractivity contribution in [2.24, 2.45) is 0 Å². The third-order valence-electron chi connectivity index (χ3n) is 5.54. The molecule has 8 heteroatoms. The molecule has 4 aromatic rings. The van der Waals surface area contributed by atoms with Gasteiger partial charge in [0.05, 0.1) is 12.1 Å². The van der Waals surface area contributed by atoms with Gasteiger partial charge in [0.2, 0.25) is 5.91 Å². The normalized spacial score (nSPS) is 13.6. The number of thiazole rings is 1. The lowest BCUT2D eigenvalue weighted by Crippen LogP contribution is -2.15. The molecule has 0 radical (unpaired) electrons. The van der Waals surface area contributed by atoms with Gasteiger partial charge in [-0.2, -0.15) is 11.3 Å². The van der Waals surface area contributed by atoms with Crippen molar-refractivity contribution < 1.29 is 4.79 Å². The van der Waals surface area contributed by atoms with E-state index in [1.807, 2.05) is 35.9 Å². The van der Waals surface area contributed by atoms with Crippen LogP contribution in [0.2, 0.25) is 0 Å². The maximum atomic E-state index is 12.7. The number of carbonyl (C=O) groups is 1. The average Bonchev–Trinajstić information content (AvgIpc) is 3.49. The molecule has 1 N–H and O–H groups in total. The summed E-state index contributed by atoms with van der Waals surface area (Å²) in [6, 6.07) is 8.14. The molecule has 3 aromatic heterocycles. The highest BCUT2D eigenvalue weighted by molar-refractivity contribution is 7.14. The number of benzene rings is 1. The average molecular weight is 450 g/mol. The van der Waals surface area contributed by atoms with E-state index in [0.29, 0.717) is 0 Å². The lowest BCUT2D eigenvalue weighted by Gasteiger charge is -2.11. The van der Waals surface area contributed by atoms with Crippen LogP contribution in [-0.4, -0.2) is 25.7 Å². The van der Waals surface area contributed by atoms with E-state index in [1.165, 1.54) is 6.42 Å². The molecule has 0 saturated carbocycles. The fourth-order valence-corrected chi connectivity index (χ4v) is 5.39. The van der Waals surface area contributed by atoms with E-state index in [-0.39, 0.29) is 12.3 Å². The molecule has 0 fully saturated rings. The van der Waals surface area contributed by atoms with Gasteiger partial charge in [-0.25, -0.2) is 4.98 Å². The van der Waals surface area contributed by atoms with Gasteiger partial charge in [-0.15, -0.1) is 21.5 Å². The maximum Gasteiger partial charge on any atom is 0.230 e. The first-order valence-electron chi connectivity index (χ1n) is 10.5. The maximum absolute atomic E-state index is 12.7. The lowest BCUT2D eigenvalue weighted by molar-refractivity contribution is -0.115. The number of hydrogen-bond donors (Lipinski definition) is 1. The van der Waals surface area contributed by atoms with Crippen molar-refractivity contribution in [1.29, 1.82) is 0 Å². The molecule has 1 aliphatic rings. The third-order valence-corrected chi connectivity index (χ3v) is 7.16. The van der Waals surface area contributed by atoms with Gasteiger partial charge in [-0.05, 0) is 42.8 Å². The van der Waals surface area contributed by atoms with Gasteiger partial charge in [0.25, 0.3) is 0 Å². The Hall–Kier alpha value is -2.84. The van der Waals surface area contributed by atoms with Gasteiger partial charge in [-0.3, -0.25) is 4.79 Å². The molecule has 158 valence electrons. The quantitative estimate of drug-likeness (QED) is 0.446. The second kappa shape index (κ2) is 8.72. The Morgan fingerprint density at radius 1 is 1.13 bits per heavy atom. The minimum Gasteiger partial charge on any atom is -0.325 e. The zero-order valence-electron chi connectivity index (χ0n) is 17.3. The standard InChI is InChI=1S/C23H23N5OS2/c1-15-6-7-16(22-27-26-20-5-3-2-4-9-28(20)22)11-19(15)25-21(29)12-18-14-31-23(24-18)17-8-10-30-13-17/h6-8,10-11,13-14H,2-5,9,12H2,1H3,(H,25,29). The van der Waals surface area contributed by atoms with Gasteiger partial charge in [-0.1, -0.05) is 18.6 Å². The van der Waals surface area contributed by atoms with Crippen molar-refractivity contribution in [2.45, 2.75) is 45.6 Å². The third kappa shape index (κ3) is 4.31. The molecule has 4 heterocycles. The smallest absolute Gasteiger partial charge is 0.230 e. The van der Waals surface area contributed by atoms with Gasteiger partial charge in [0.15, 0.2) is 5.82 Å². The van der Waals surface area contributed by atoms with E-state index in [2.05, 4.69) is 36.5 Å². The second-order valence-electron chi connectivity index (χ2n) is 7.81. The Morgan fingerprint density at radius 2 is 2.06 bits per heavy atom. The summed E-state index contributed by atoms with van der Waals surface area (Å²) in [5.74, 6) is 1.87. The summed E-state index contributed by atoms with van der Waals surface area (Å²) < 4.78 is 2.23. The summed E-state index contributed by atoms with van der Waals surface area (Å²) in [7, 11) is 0. The van der Waals surface area contributed by atoms with Crippen LogP contribution < -0.4 is 5.32 Å². The molecule has 0 atom stereocenters. The van der Waals surface area contributed by atoms with E-state index in [4.69, 9.17) is 0 Å². The van der Waals surface area contributed by atoms with E-state index in [0.717, 1.165) is 70.5 Å². The first-order valence-corrected chi connectivity index (χ1v) is 12.3. The van der Waals surface area contributed by atoms with Crippen molar-refractivity contribution in [2.75, 3.05) is 5.32 Å². The topological polar surface area (TPSA) is 72.7 Å². The predicted octanol–water partition coefficient (Wildman–Crippen LogP) is 5.35. The molecular formula is C23H23N5OS2. The summed E-state index contributed by atoms with van der Waals surface area (Å²) in [6.07, 6.45) is 4.77. The monoisotopic (exact) mass is 449 g/mol. The summed E-state index contributed by atoms with van der Waals surface area (Å²) >= 11 is 3.22. The van der Waals surface area contributed by atoms with Crippen molar-refractivity contribution in [3.05, 3.63) is 57.5 Å². The number of rotatable bonds is 5. The van der Waals surface area contributed by atoms with Crippen LogP contribution in [0.15, 0.2) is 40.4 Å². The Kier molecular flexibility index (Phi) is 5.65. The van der Waals surface area contributed by atoms with Crippen LogP contribution in [0.3, 0.4) is 0 Å². The van der Waals surface area contributed by atoms with Crippen LogP contribution in [-0.2, 0) is 24.2 Å². The minimum absolute atomic E-state index is 0.0671. The number of thiophene rings is 1. The molecule has 0 bridgehead atoms. The number of fused-ring (bicyclic) bond motifs is 1. The Morgan fingerprint density at radius 3 is 2.94 bits per heavy atom. The van der Waals surface area contributed by atoms with Crippen LogP contribution in [0.1, 0.15) is 36.3 Å². The molecule has 1 aromatic carbocycles. The van der Waals surface area contributed by atoms with E-state index in [9.17, 15) is 4.79 Å². The first-order chi connectivity index (χ1) is 15.2. The molecule has 0 spiro atoms. The van der Waals surface area contributed by atoms with Gasteiger partial charge in [0, 0.05) is 40.5 Å². The summed E-state index contributed by atoms with van der Waals surface area (Å²) in [5.41, 5.74) is 4.71. The zero-order chi connectivity index (χ0) is 21.2. The number of anilines is 1. The SMILES string of the molecule is Cc1ccc(-c2nnc3n2CCCCC3)cc1NC(=O)Cc1csc(-c2ccsc2)n1. The number of carbonyl (C=O) groups excluding carboxylic acids is 1. The number of amides is 1. The fraction of sp³-hybridized carbons (Fsp3) is 0.304. The molecule has 0 unspecified atom stereocenters. The highest BCUT2D eigenvalue weighted by Gasteiger charge is 2.17. The second-order valence-corrected chi connectivity index (χ2v) is 9.45. The Labute approximate surface area is 189 Å². The van der Waals surface area contributed by atoms with Crippen molar-refractivity contribution in [1.82, 2.24) is 19.7 Å². The van der Waals surface area contributed by atoms with Gasteiger partial charge >= 0.3 is 0 Å². The van der Waals surface area contributed by atoms with Gasteiger partial charge in [0.1, 0.15) is 10.8 Å².